The molecule has 33 heavy (non-hydrogen) atoms. The Morgan fingerprint density at radius 1 is 1.15 bits per heavy atom. The van der Waals surface area contributed by atoms with Gasteiger partial charge in [-0.3, -0.25) is 9.88 Å². The van der Waals surface area contributed by atoms with E-state index in [2.05, 4.69) is 20.5 Å². The van der Waals surface area contributed by atoms with E-state index in [0.717, 1.165) is 42.7 Å². The van der Waals surface area contributed by atoms with Crippen LogP contribution in [0.5, 0.6) is 0 Å². The molecule has 1 saturated heterocycles. The second kappa shape index (κ2) is 8.39. The van der Waals surface area contributed by atoms with E-state index in [9.17, 15) is 8.78 Å². The van der Waals surface area contributed by atoms with Gasteiger partial charge in [0, 0.05) is 54.9 Å². The SMILES string of the molecule is Cn1c(CN2CC[C@H](N)C2)cc2c(-c3ccc(C#N)c(F)c3)c(-c3cccc(F)c3)ncc21. The third-order valence-electron chi connectivity index (χ3n) is 6.37. The standard InChI is InChI=1S/C26H23F2N5/c1-32-21(15-33-8-7-20(30)14-33)11-22-24(32)13-31-26(17-3-2-4-19(27)9-17)25(22)16-5-6-18(12-29)23(28)10-16/h2-6,9-11,13,20H,7-8,14-15,30H2,1H3/t20-/m0/s1. The topological polar surface area (TPSA) is 70.9 Å². The molecule has 3 heterocycles. The first kappa shape index (κ1) is 21.3. The molecule has 0 radical (unpaired) electrons. The van der Waals surface area contributed by atoms with Gasteiger partial charge in [-0.15, -0.1) is 0 Å². The monoisotopic (exact) mass is 443 g/mol. The summed E-state index contributed by atoms with van der Waals surface area (Å²) in [4.78, 5) is 7.00. The van der Waals surface area contributed by atoms with Crippen molar-refractivity contribution in [3.63, 3.8) is 0 Å². The highest BCUT2D eigenvalue weighted by Gasteiger charge is 2.22. The number of halogens is 2. The molecule has 1 atom stereocenters. The van der Waals surface area contributed by atoms with Crippen molar-refractivity contribution in [3.8, 4) is 28.5 Å². The minimum atomic E-state index is -0.598. The zero-order valence-corrected chi connectivity index (χ0v) is 18.2. The van der Waals surface area contributed by atoms with Gasteiger partial charge < -0.3 is 10.3 Å². The van der Waals surface area contributed by atoms with Gasteiger partial charge in [-0.25, -0.2) is 8.78 Å². The molecule has 2 aromatic carbocycles. The number of nitrogens with two attached hydrogens (primary N) is 1. The van der Waals surface area contributed by atoms with Crippen LogP contribution in [0.25, 0.3) is 33.3 Å². The largest absolute Gasteiger partial charge is 0.345 e. The third kappa shape index (κ3) is 3.88. The van der Waals surface area contributed by atoms with Crippen molar-refractivity contribution in [1.82, 2.24) is 14.5 Å². The molecule has 0 aliphatic carbocycles. The van der Waals surface area contributed by atoms with Crippen LogP contribution in [0.2, 0.25) is 0 Å². The fourth-order valence-corrected chi connectivity index (χ4v) is 4.64. The van der Waals surface area contributed by atoms with Crippen molar-refractivity contribution < 1.29 is 8.78 Å². The van der Waals surface area contributed by atoms with Gasteiger partial charge in [0.15, 0.2) is 0 Å². The van der Waals surface area contributed by atoms with Gasteiger partial charge in [0.05, 0.1) is 23.0 Å². The lowest BCUT2D eigenvalue weighted by molar-refractivity contribution is 0.319. The molecule has 5 rings (SSSR count). The molecular weight excluding hydrogens is 420 g/mol. The first-order chi connectivity index (χ1) is 15.9. The van der Waals surface area contributed by atoms with E-state index in [-0.39, 0.29) is 17.4 Å². The molecule has 5 nitrogen and oxygen atoms in total. The average Bonchev–Trinajstić information content (AvgIpc) is 3.35. The Balaban J connectivity index is 1.72. The molecule has 4 aromatic rings. The Kier molecular flexibility index (Phi) is 5.41. The van der Waals surface area contributed by atoms with Crippen LogP contribution >= 0.6 is 0 Å². The van der Waals surface area contributed by atoms with Crippen LogP contribution in [0, 0.1) is 23.0 Å². The van der Waals surface area contributed by atoms with Crippen LogP contribution in [0.4, 0.5) is 8.78 Å². The van der Waals surface area contributed by atoms with Gasteiger partial charge in [0.1, 0.15) is 17.7 Å². The van der Waals surface area contributed by atoms with Gasteiger partial charge in [-0.2, -0.15) is 5.26 Å². The summed E-state index contributed by atoms with van der Waals surface area (Å²) >= 11 is 0. The van der Waals surface area contributed by atoms with Crippen LogP contribution in [-0.4, -0.2) is 33.6 Å². The van der Waals surface area contributed by atoms with Crippen molar-refractivity contribution >= 4 is 10.9 Å². The number of aromatic nitrogens is 2. The molecule has 0 spiro atoms. The van der Waals surface area contributed by atoms with E-state index in [0.29, 0.717) is 22.4 Å². The summed E-state index contributed by atoms with van der Waals surface area (Å²) in [6.45, 7) is 2.54. The van der Waals surface area contributed by atoms with E-state index in [4.69, 9.17) is 11.0 Å². The second-order valence-electron chi connectivity index (χ2n) is 8.58. The van der Waals surface area contributed by atoms with E-state index in [1.807, 2.05) is 13.1 Å². The number of benzene rings is 2. The van der Waals surface area contributed by atoms with E-state index < -0.39 is 5.82 Å². The number of likely N-dealkylation sites (tertiary alicyclic amines) is 1. The molecule has 1 aliphatic heterocycles. The van der Waals surface area contributed by atoms with E-state index in [1.165, 1.54) is 24.3 Å². The second-order valence-corrected chi connectivity index (χ2v) is 8.58. The molecule has 166 valence electrons. The Morgan fingerprint density at radius 3 is 2.70 bits per heavy atom. The zero-order valence-electron chi connectivity index (χ0n) is 18.2. The minimum absolute atomic E-state index is 0.0229. The van der Waals surface area contributed by atoms with Gasteiger partial charge >= 0.3 is 0 Å². The summed E-state index contributed by atoms with van der Waals surface area (Å²) < 4.78 is 30.7. The number of nitrogens with zero attached hydrogens (tertiary/aromatic N) is 4. The Bertz CT molecular complexity index is 1400. The van der Waals surface area contributed by atoms with Gasteiger partial charge in [0.2, 0.25) is 0 Å². The number of hydrogen-bond acceptors (Lipinski definition) is 4. The minimum Gasteiger partial charge on any atom is -0.345 e. The van der Waals surface area contributed by atoms with Crippen LogP contribution in [-0.2, 0) is 13.6 Å². The highest BCUT2D eigenvalue weighted by atomic mass is 19.1. The predicted octanol–water partition coefficient (Wildman–Crippen LogP) is 4.59. The van der Waals surface area contributed by atoms with Crippen LogP contribution in [0.1, 0.15) is 17.7 Å². The first-order valence-electron chi connectivity index (χ1n) is 10.9. The Morgan fingerprint density at radius 2 is 2.00 bits per heavy atom. The smallest absolute Gasteiger partial charge is 0.141 e. The van der Waals surface area contributed by atoms with Crippen molar-refractivity contribution in [2.45, 2.75) is 19.0 Å². The summed E-state index contributed by atoms with van der Waals surface area (Å²) in [7, 11) is 1.99. The molecule has 0 amide bonds. The van der Waals surface area contributed by atoms with E-state index >= 15 is 0 Å². The number of hydrogen-bond donors (Lipinski definition) is 1. The van der Waals surface area contributed by atoms with Crippen molar-refractivity contribution in [1.29, 1.82) is 5.26 Å². The normalized spacial score (nSPS) is 16.4. The van der Waals surface area contributed by atoms with E-state index in [1.54, 1.807) is 24.4 Å². The van der Waals surface area contributed by atoms with Gasteiger partial charge in [0.25, 0.3) is 0 Å². The molecule has 0 unspecified atom stereocenters. The molecule has 2 N–H and O–H groups in total. The number of aryl methyl sites for hydroxylation is 1. The Hall–Kier alpha value is -3.60. The molecule has 0 saturated carbocycles. The molecular formula is C26H23F2N5. The maximum absolute atomic E-state index is 14.6. The molecule has 0 bridgehead atoms. The highest BCUT2D eigenvalue weighted by molar-refractivity contribution is 6.02. The van der Waals surface area contributed by atoms with Crippen LogP contribution in [0.3, 0.4) is 0 Å². The number of pyridine rings is 1. The molecule has 1 fully saturated rings. The molecule has 1 aliphatic rings. The lowest BCUT2D eigenvalue weighted by Gasteiger charge is -2.15. The average molecular weight is 444 g/mol. The maximum atomic E-state index is 14.6. The third-order valence-corrected chi connectivity index (χ3v) is 6.37. The summed E-state index contributed by atoms with van der Waals surface area (Å²) in [5.74, 6) is -0.968. The fourth-order valence-electron chi connectivity index (χ4n) is 4.64. The molecule has 7 heteroatoms. The zero-order chi connectivity index (χ0) is 23.1. The number of rotatable bonds is 4. The lowest BCUT2D eigenvalue weighted by atomic mass is 9.95. The number of fused-ring (bicyclic) bond motifs is 1. The molecule has 2 aromatic heterocycles. The fraction of sp³-hybridized carbons (Fsp3) is 0.231. The van der Waals surface area contributed by atoms with Gasteiger partial charge in [-0.05, 0) is 42.3 Å². The quantitative estimate of drug-likeness (QED) is 0.501. The maximum Gasteiger partial charge on any atom is 0.141 e. The van der Waals surface area contributed by atoms with Crippen molar-refractivity contribution in [2.24, 2.45) is 12.8 Å². The summed E-state index contributed by atoms with van der Waals surface area (Å²) in [6.07, 6.45) is 2.75. The van der Waals surface area contributed by atoms with Crippen molar-refractivity contribution in [2.75, 3.05) is 13.1 Å². The van der Waals surface area contributed by atoms with Crippen LogP contribution in [0.15, 0.2) is 54.7 Å². The van der Waals surface area contributed by atoms with Crippen molar-refractivity contribution in [3.05, 3.63) is 77.6 Å². The summed E-state index contributed by atoms with van der Waals surface area (Å²) in [5.41, 5.74) is 10.5. The van der Waals surface area contributed by atoms with Gasteiger partial charge in [-0.1, -0.05) is 18.2 Å². The number of nitriles is 1. The first-order valence-corrected chi connectivity index (χ1v) is 10.9. The highest BCUT2D eigenvalue weighted by Crippen LogP contribution is 2.38. The van der Waals surface area contributed by atoms with Crippen LogP contribution < -0.4 is 5.73 Å². The summed E-state index contributed by atoms with van der Waals surface area (Å²) in [6, 6.07) is 14.9. The predicted molar refractivity (Wildman–Crippen MR) is 124 cm³/mol. The Labute approximate surface area is 190 Å². The summed E-state index contributed by atoms with van der Waals surface area (Å²) in [5, 5.41) is 10.0. The lowest BCUT2D eigenvalue weighted by Crippen LogP contribution is -2.26.